The van der Waals surface area contributed by atoms with Crippen molar-refractivity contribution in [2.24, 2.45) is 0 Å². The summed E-state index contributed by atoms with van der Waals surface area (Å²) in [5.41, 5.74) is 12.5. The molecule has 0 aliphatic carbocycles. The fourth-order valence-electron chi connectivity index (χ4n) is 7.46. The number of aryl methyl sites for hydroxylation is 1. The van der Waals surface area contributed by atoms with E-state index in [1.54, 1.807) is 0 Å². The van der Waals surface area contributed by atoms with Gasteiger partial charge in [0.05, 0.1) is 0 Å². The molecule has 0 aliphatic rings. The van der Waals surface area contributed by atoms with Crippen LogP contribution in [0.4, 0.5) is 0 Å². The van der Waals surface area contributed by atoms with E-state index in [1.807, 2.05) is 12.1 Å². The summed E-state index contributed by atoms with van der Waals surface area (Å²) in [6, 6.07) is 63.4. The van der Waals surface area contributed by atoms with Crippen LogP contribution in [0.1, 0.15) is 5.56 Å². The number of hydrogen-bond donors (Lipinski definition) is 0. The smallest absolute Gasteiger partial charge is 0.164 e. The van der Waals surface area contributed by atoms with Crippen LogP contribution >= 0.6 is 0 Å². The van der Waals surface area contributed by atoms with Gasteiger partial charge in [-0.05, 0) is 81.4 Å². The fraction of sp³-hybridized carbons (Fsp3) is 0.0200. The molecule has 0 saturated heterocycles. The highest BCUT2D eigenvalue weighted by atomic mass is 16.3. The molecule has 254 valence electrons. The first-order chi connectivity index (χ1) is 26.6. The molecule has 4 heteroatoms. The van der Waals surface area contributed by atoms with Gasteiger partial charge in [0.1, 0.15) is 11.2 Å². The summed E-state index contributed by atoms with van der Waals surface area (Å²) in [6.45, 7) is 2.11. The lowest BCUT2D eigenvalue weighted by Crippen LogP contribution is -2.00. The van der Waals surface area contributed by atoms with Gasteiger partial charge in [0, 0.05) is 27.5 Å². The molecule has 0 aliphatic heterocycles. The summed E-state index contributed by atoms with van der Waals surface area (Å²) in [4.78, 5) is 15.4. The number of hydrogen-bond acceptors (Lipinski definition) is 4. The zero-order valence-corrected chi connectivity index (χ0v) is 29.6. The summed E-state index contributed by atoms with van der Waals surface area (Å²) in [6.07, 6.45) is 0. The lowest BCUT2D eigenvalue weighted by molar-refractivity contribution is 0.669. The van der Waals surface area contributed by atoms with Crippen LogP contribution in [0.3, 0.4) is 0 Å². The second-order valence-corrected chi connectivity index (χ2v) is 13.7. The largest absolute Gasteiger partial charge is 0.456 e. The summed E-state index contributed by atoms with van der Waals surface area (Å²) in [5, 5.41) is 4.36. The average molecular weight is 692 g/mol. The highest BCUT2D eigenvalue weighted by Crippen LogP contribution is 2.39. The van der Waals surface area contributed by atoms with Gasteiger partial charge in [0.25, 0.3) is 0 Å². The number of aromatic nitrogens is 3. The van der Waals surface area contributed by atoms with Crippen molar-refractivity contribution in [1.29, 1.82) is 0 Å². The molecule has 10 rings (SSSR count). The molecule has 10 aromatic rings. The van der Waals surface area contributed by atoms with Crippen LogP contribution in [0.5, 0.6) is 0 Å². The third-order valence-corrected chi connectivity index (χ3v) is 10.2. The van der Waals surface area contributed by atoms with Gasteiger partial charge in [-0.25, -0.2) is 15.0 Å². The standard InChI is InChI=1S/C50H33N3O/c1-32-23-25-34(26-24-32)37-16-8-18-39(30-37)48-51-49(53-50(52-48)43-21-9-14-35-13-5-6-19-41(35)43)40-27-28-44-46(31-40)54-45-22-10-20-42(47(44)45)38-17-7-15-36(29-38)33-11-3-2-4-12-33/h2-31H,1H3. The maximum absolute atomic E-state index is 6.58. The van der Waals surface area contributed by atoms with Gasteiger partial charge in [0.15, 0.2) is 17.5 Å². The number of benzene rings is 8. The van der Waals surface area contributed by atoms with Crippen LogP contribution in [0.15, 0.2) is 186 Å². The lowest BCUT2D eigenvalue weighted by Gasteiger charge is -2.11. The maximum atomic E-state index is 6.58. The molecule has 2 heterocycles. The Morgan fingerprint density at radius 1 is 0.352 bits per heavy atom. The quantitative estimate of drug-likeness (QED) is 0.174. The van der Waals surface area contributed by atoms with Gasteiger partial charge >= 0.3 is 0 Å². The Morgan fingerprint density at radius 3 is 1.72 bits per heavy atom. The van der Waals surface area contributed by atoms with E-state index in [1.165, 1.54) is 16.7 Å². The monoisotopic (exact) mass is 691 g/mol. The lowest BCUT2D eigenvalue weighted by atomic mass is 9.96. The minimum absolute atomic E-state index is 0.585. The van der Waals surface area contributed by atoms with E-state index in [0.29, 0.717) is 17.5 Å². The second-order valence-electron chi connectivity index (χ2n) is 13.7. The van der Waals surface area contributed by atoms with Gasteiger partial charge in [0.2, 0.25) is 0 Å². The average Bonchev–Trinajstić information content (AvgIpc) is 3.62. The van der Waals surface area contributed by atoms with Crippen molar-refractivity contribution in [2.75, 3.05) is 0 Å². The first kappa shape index (κ1) is 31.6. The minimum atomic E-state index is 0.585. The first-order valence-electron chi connectivity index (χ1n) is 18.2. The van der Waals surface area contributed by atoms with E-state index in [4.69, 9.17) is 19.4 Å². The Kier molecular flexibility index (Phi) is 7.66. The molecular weight excluding hydrogens is 659 g/mol. The molecule has 0 saturated carbocycles. The fourth-order valence-corrected chi connectivity index (χ4v) is 7.46. The topological polar surface area (TPSA) is 51.8 Å². The normalized spacial score (nSPS) is 11.4. The molecule has 54 heavy (non-hydrogen) atoms. The number of furan rings is 1. The second kappa shape index (κ2) is 13.1. The van der Waals surface area contributed by atoms with Crippen molar-refractivity contribution in [3.8, 4) is 67.5 Å². The van der Waals surface area contributed by atoms with Crippen molar-refractivity contribution in [1.82, 2.24) is 15.0 Å². The predicted octanol–water partition coefficient (Wildman–Crippen LogP) is 13.2. The van der Waals surface area contributed by atoms with E-state index in [2.05, 4.69) is 177 Å². The number of fused-ring (bicyclic) bond motifs is 4. The molecule has 8 aromatic carbocycles. The summed E-state index contributed by atoms with van der Waals surface area (Å²) in [7, 11) is 0. The van der Waals surface area contributed by atoms with Crippen LogP contribution in [0.25, 0.3) is 100 Å². The van der Waals surface area contributed by atoms with Crippen LogP contribution < -0.4 is 0 Å². The molecule has 2 aromatic heterocycles. The highest BCUT2D eigenvalue weighted by molar-refractivity contribution is 6.13. The predicted molar refractivity (Wildman–Crippen MR) is 222 cm³/mol. The van der Waals surface area contributed by atoms with Gasteiger partial charge in [-0.2, -0.15) is 0 Å². The van der Waals surface area contributed by atoms with Crippen molar-refractivity contribution in [3.63, 3.8) is 0 Å². The van der Waals surface area contributed by atoms with Crippen LogP contribution in [-0.2, 0) is 0 Å². The van der Waals surface area contributed by atoms with E-state index >= 15 is 0 Å². The Morgan fingerprint density at radius 2 is 0.907 bits per heavy atom. The molecule has 0 bridgehead atoms. The zero-order chi connectivity index (χ0) is 36.0. The van der Waals surface area contributed by atoms with Crippen molar-refractivity contribution in [2.45, 2.75) is 6.92 Å². The van der Waals surface area contributed by atoms with Crippen molar-refractivity contribution < 1.29 is 4.42 Å². The Hall–Kier alpha value is -7.17. The molecule has 4 nitrogen and oxygen atoms in total. The molecule has 0 fully saturated rings. The maximum Gasteiger partial charge on any atom is 0.164 e. The molecule has 0 N–H and O–H groups in total. The van der Waals surface area contributed by atoms with Gasteiger partial charge in [-0.1, -0.05) is 157 Å². The third-order valence-electron chi connectivity index (χ3n) is 10.2. The molecule has 0 radical (unpaired) electrons. The Labute approximate surface area is 313 Å². The van der Waals surface area contributed by atoms with Crippen LogP contribution in [-0.4, -0.2) is 15.0 Å². The summed E-state index contributed by atoms with van der Waals surface area (Å²) in [5.74, 6) is 1.82. The van der Waals surface area contributed by atoms with Gasteiger partial charge in [-0.3, -0.25) is 0 Å². The molecule has 0 spiro atoms. The molecule has 0 unspecified atom stereocenters. The Bertz CT molecular complexity index is 2990. The molecular formula is C50H33N3O. The Balaban J connectivity index is 1.12. The van der Waals surface area contributed by atoms with E-state index in [9.17, 15) is 0 Å². The van der Waals surface area contributed by atoms with Crippen LogP contribution in [0.2, 0.25) is 0 Å². The highest BCUT2D eigenvalue weighted by Gasteiger charge is 2.18. The van der Waals surface area contributed by atoms with E-state index in [0.717, 1.165) is 71.7 Å². The van der Waals surface area contributed by atoms with Crippen LogP contribution in [0, 0.1) is 6.92 Å². The third kappa shape index (κ3) is 5.71. The molecule has 0 atom stereocenters. The summed E-state index contributed by atoms with van der Waals surface area (Å²) >= 11 is 0. The summed E-state index contributed by atoms with van der Waals surface area (Å²) < 4.78 is 6.58. The minimum Gasteiger partial charge on any atom is -0.456 e. The molecule has 0 amide bonds. The number of nitrogens with zero attached hydrogens (tertiary/aromatic N) is 3. The van der Waals surface area contributed by atoms with E-state index < -0.39 is 0 Å². The number of rotatable bonds is 6. The van der Waals surface area contributed by atoms with Gasteiger partial charge < -0.3 is 4.42 Å². The van der Waals surface area contributed by atoms with Gasteiger partial charge in [-0.15, -0.1) is 0 Å². The first-order valence-corrected chi connectivity index (χ1v) is 18.2. The van der Waals surface area contributed by atoms with E-state index in [-0.39, 0.29) is 0 Å². The SMILES string of the molecule is Cc1ccc(-c2cccc(-c3nc(-c4ccc5c(c4)oc4cccc(-c6cccc(-c7ccccc7)c6)c45)nc(-c4cccc5ccccc45)n3)c2)cc1. The zero-order valence-electron chi connectivity index (χ0n) is 29.6. The van der Waals surface area contributed by atoms with Crippen molar-refractivity contribution >= 4 is 32.7 Å². The van der Waals surface area contributed by atoms with Crippen molar-refractivity contribution in [3.05, 3.63) is 188 Å².